The number of thiophene rings is 1. The summed E-state index contributed by atoms with van der Waals surface area (Å²) >= 11 is 2.41. The molecule has 0 fully saturated rings. The third-order valence-corrected chi connectivity index (χ3v) is 6.93. The quantitative estimate of drug-likeness (QED) is 0.218. The number of thioether (sulfide) groups is 1. The zero-order chi connectivity index (χ0) is 23.4. The molecule has 1 aromatic carbocycles. The lowest BCUT2D eigenvalue weighted by Crippen LogP contribution is -2.23. The highest BCUT2D eigenvalue weighted by molar-refractivity contribution is 7.99. The molecule has 0 radical (unpaired) electrons. The zero-order valence-electron chi connectivity index (χ0n) is 18.2. The summed E-state index contributed by atoms with van der Waals surface area (Å²) in [4.78, 5) is 37.8. The Morgan fingerprint density at radius 2 is 2.00 bits per heavy atom. The Morgan fingerprint density at radius 3 is 2.79 bits per heavy atom. The summed E-state index contributed by atoms with van der Waals surface area (Å²) in [6.07, 6.45) is 2.92. The number of nitrogens with zero attached hydrogens (tertiary/aromatic N) is 4. The van der Waals surface area contributed by atoms with Crippen molar-refractivity contribution in [1.29, 1.82) is 0 Å². The second-order valence-corrected chi connectivity index (χ2v) is 9.15. The van der Waals surface area contributed by atoms with Gasteiger partial charge in [-0.05, 0) is 30.0 Å². The predicted octanol–water partition coefficient (Wildman–Crippen LogP) is 3.81. The number of amides is 1. The highest BCUT2D eigenvalue weighted by Gasteiger charge is 2.19. The van der Waals surface area contributed by atoms with Crippen LogP contribution in [0.25, 0.3) is 16.7 Å². The largest absolute Gasteiger partial charge is 0.465 e. The Kier molecular flexibility index (Phi) is 7.09. The molecule has 0 saturated heterocycles. The normalized spacial score (nSPS) is 11.2. The van der Waals surface area contributed by atoms with Gasteiger partial charge in [-0.2, -0.15) is 0 Å². The van der Waals surface area contributed by atoms with E-state index >= 15 is 0 Å². The summed E-state index contributed by atoms with van der Waals surface area (Å²) in [6, 6.07) is 8.99. The molecule has 3 aromatic heterocycles. The van der Waals surface area contributed by atoms with Gasteiger partial charge < -0.3 is 10.1 Å². The van der Waals surface area contributed by atoms with E-state index in [1.807, 2.05) is 22.6 Å². The number of carbonyl (C=O) groups excluding carboxylic acids is 2. The van der Waals surface area contributed by atoms with Crippen LogP contribution in [0.4, 0.5) is 5.69 Å². The number of hydrogen-bond donors (Lipinski definition) is 1. The number of para-hydroxylation sites is 1. The van der Waals surface area contributed by atoms with E-state index in [9.17, 15) is 14.4 Å². The van der Waals surface area contributed by atoms with Crippen molar-refractivity contribution in [2.75, 3.05) is 18.2 Å². The third-order valence-electron chi connectivity index (χ3n) is 5.11. The zero-order valence-corrected chi connectivity index (χ0v) is 19.9. The van der Waals surface area contributed by atoms with Crippen molar-refractivity contribution in [2.45, 2.75) is 37.9 Å². The van der Waals surface area contributed by atoms with E-state index in [1.54, 1.807) is 22.1 Å². The van der Waals surface area contributed by atoms with Gasteiger partial charge in [0.1, 0.15) is 4.88 Å². The second-order valence-electron chi connectivity index (χ2n) is 7.29. The van der Waals surface area contributed by atoms with Crippen molar-refractivity contribution in [2.24, 2.45) is 0 Å². The van der Waals surface area contributed by atoms with Crippen LogP contribution in [0, 0.1) is 0 Å². The predicted molar refractivity (Wildman–Crippen MR) is 129 cm³/mol. The molecule has 33 heavy (non-hydrogen) atoms. The smallest absolute Gasteiger partial charge is 0.350 e. The molecule has 3 heterocycles. The standard InChI is InChI=1S/C22H23N5O4S2/c1-3-4-7-11-26-19(29)14-8-5-6-9-16(14)27-21(26)24-25-22(27)33-13-17(28)23-15-10-12-32-18(15)20(30)31-2/h5-6,8-10,12H,3-4,7,11,13H2,1-2H3,(H,23,28). The maximum absolute atomic E-state index is 13.1. The van der Waals surface area contributed by atoms with Gasteiger partial charge in [0.05, 0.1) is 29.5 Å². The molecule has 0 aliphatic rings. The van der Waals surface area contributed by atoms with Crippen LogP contribution in [0.3, 0.4) is 0 Å². The SMILES string of the molecule is CCCCCn1c(=O)c2ccccc2n2c(SCC(=O)Nc3ccsc3C(=O)OC)nnc12. The van der Waals surface area contributed by atoms with E-state index in [4.69, 9.17) is 4.74 Å². The maximum Gasteiger partial charge on any atom is 0.350 e. The molecule has 0 unspecified atom stereocenters. The Morgan fingerprint density at radius 1 is 1.18 bits per heavy atom. The lowest BCUT2D eigenvalue weighted by atomic mass is 10.2. The summed E-state index contributed by atoms with van der Waals surface area (Å²) < 4.78 is 8.23. The minimum atomic E-state index is -0.496. The molecule has 0 aliphatic heterocycles. The van der Waals surface area contributed by atoms with Crippen molar-refractivity contribution in [3.8, 4) is 0 Å². The molecule has 1 N–H and O–H groups in total. The first-order valence-corrected chi connectivity index (χ1v) is 12.4. The number of aromatic nitrogens is 4. The van der Waals surface area contributed by atoms with Crippen molar-refractivity contribution < 1.29 is 14.3 Å². The molecule has 0 saturated carbocycles. The van der Waals surface area contributed by atoms with Gasteiger partial charge in [0.25, 0.3) is 5.56 Å². The number of unbranched alkanes of at least 4 members (excludes halogenated alkanes) is 2. The van der Waals surface area contributed by atoms with Gasteiger partial charge in [0.15, 0.2) is 5.16 Å². The van der Waals surface area contributed by atoms with Gasteiger partial charge >= 0.3 is 5.97 Å². The van der Waals surface area contributed by atoms with Crippen LogP contribution in [-0.4, -0.2) is 43.9 Å². The minimum Gasteiger partial charge on any atom is -0.465 e. The first-order chi connectivity index (χ1) is 16.0. The Hall–Kier alpha value is -3.18. The molecule has 172 valence electrons. The number of methoxy groups -OCH3 is 1. The van der Waals surface area contributed by atoms with E-state index in [-0.39, 0.29) is 17.2 Å². The molecule has 11 heteroatoms. The number of carbonyl (C=O) groups is 2. The van der Waals surface area contributed by atoms with E-state index in [2.05, 4.69) is 22.4 Å². The lowest BCUT2D eigenvalue weighted by molar-refractivity contribution is -0.113. The van der Waals surface area contributed by atoms with Gasteiger partial charge in [-0.3, -0.25) is 18.6 Å². The number of rotatable bonds is 9. The summed E-state index contributed by atoms with van der Waals surface area (Å²) in [5, 5.41) is 14.1. The van der Waals surface area contributed by atoms with E-state index < -0.39 is 5.97 Å². The third kappa shape index (κ3) is 4.64. The molecule has 4 rings (SSSR count). The summed E-state index contributed by atoms with van der Waals surface area (Å²) in [5.41, 5.74) is 1.02. The van der Waals surface area contributed by atoms with Crippen molar-refractivity contribution in [3.05, 3.63) is 50.9 Å². The second kappa shape index (κ2) is 10.2. The summed E-state index contributed by atoms with van der Waals surface area (Å²) in [6.45, 7) is 2.67. The molecular weight excluding hydrogens is 462 g/mol. The first kappa shape index (κ1) is 23.0. The van der Waals surface area contributed by atoms with Crippen molar-refractivity contribution in [3.63, 3.8) is 0 Å². The van der Waals surface area contributed by atoms with E-state index in [1.165, 1.54) is 30.2 Å². The Balaban J connectivity index is 1.61. The van der Waals surface area contributed by atoms with Gasteiger partial charge in [-0.1, -0.05) is 43.7 Å². The summed E-state index contributed by atoms with van der Waals surface area (Å²) in [5.74, 6) is -0.270. The number of fused-ring (bicyclic) bond motifs is 3. The van der Waals surface area contributed by atoms with Crippen LogP contribution in [0.15, 0.2) is 45.7 Å². The average molecular weight is 486 g/mol. The molecule has 1 amide bonds. The molecule has 0 bridgehead atoms. The Bertz CT molecular complexity index is 1370. The monoisotopic (exact) mass is 485 g/mol. The average Bonchev–Trinajstić information content (AvgIpc) is 3.46. The highest BCUT2D eigenvalue weighted by atomic mass is 32.2. The summed E-state index contributed by atoms with van der Waals surface area (Å²) in [7, 11) is 1.30. The fraction of sp³-hybridized carbons (Fsp3) is 0.318. The molecular formula is C22H23N5O4S2. The topological polar surface area (TPSA) is 108 Å². The Labute approximate surface area is 197 Å². The van der Waals surface area contributed by atoms with E-state index in [0.29, 0.717) is 38.9 Å². The van der Waals surface area contributed by atoms with Gasteiger partial charge in [-0.15, -0.1) is 21.5 Å². The fourth-order valence-corrected chi connectivity index (χ4v) is 5.03. The van der Waals surface area contributed by atoms with Crippen LogP contribution >= 0.6 is 23.1 Å². The molecule has 4 aromatic rings. The fourth-order valence-electron chi connectivity index (χ4n) is 3.52. The molecule has 0 aliphatic carbocycles. The van der Waals surface area contributed by atoms with E-state index in [0.717, 1.165) is 19.3 Å². The number of esters is 1. The van der Waals surface area contributed by atoms with Crippen LogP contribution in [0.2, 0.25) is 0 Å². The molecule has 9 nitrogen and oxygen atoms in total. The number of benzene rings is 1. The van der Waals surface area contributed by atoms with Crippen LogP contribution < -0.4 is 10.9 Å². The highest BCUT2D eigenvalue weighted by Crippen LogP contribution is 2.25. The van der Waals surface area contributed by atoms with Crippen LogP contribution in [-0.2, 0) is 16.1 Å². The lowest BCUT2D eigenvalue weighted by Gasteiger charge is -2.11. The van der Waals surface area contributed by atoms with Gasteiger partial charge in [0.2, 0.25) is 11.7 Å². The number of nitrogens with one attached hydrogen (secondary N) is 1. The van der Waals surface area contributed by atoms with Gasteiger partial charge in [0, 0.05) is 6.54 Å². The molecule has 0 spiro atoms. The van der Waals surface area contributed by atoms with Crippen molar-refractivity contribution in [1.82, 2.24) is 19.2 Å². The van der Waals surface area contributed by atoms with Gasteiger partial charge in [-0.25, -0.2) is 4.79 Å². The number of ether oxygens (including phenoxy) is 1. The van der Waals surface area contributed by atoms with Crippen LogP contribution in [0.1, 0.15) is 35.9 Å². The maximum atomic E-state index is 13.1. The number of anilines is 1. The van der Waals surface area contributed by atoms with Crippen molar-refractivity contribution >= 4 is 57.3 Å². The molecule has 0 atom stereocenters. The number of hydrogen-bond acceptors (Lipinski definition) is 8. The minimum absolute atomic E-state index is 0.0561. The first-order valence-electron chi connectivity index (χ1n) is 10.5. The van der Waals surface area contributed by atoms with Crippen LogP contribution in [0.5, 0.6) is 0 Å². The number of aryl methyl sites for hydroxylation is 1.